The molecule has 0 N–H and O–H groups in total. The van der Waals surface area contributed by atoms with E-state index in [0.717, 1.165) is 30.0 Å². The van der Waals surface area contributed by atoms with Gasteiger partial charge in [0.2, 0.25) is 5.89 Å². The molecule has 40 heavy (non-hydrogen) atoms. The number of hydrogen-bond donors (Lipinski definition) is 0. The number of alkyl halides is 2. The minimum Gasteiger partial charge on any atom is -0.415 e. The van der Waals surface area contributed by atoms with Gasteiger partial charge < -0.3 is 13.6 Å². The summed E-state index contributed by atoms with van der Waals surface area (Å²) in [6, 6.07) is 17.2. The van der Waals surface area contributed by atoms with Crippen LogP contribution in [0.15, 0.2) is 52.9 Å². The molecule has 1 saturated heterocycles. The van der Waals surface area contributed by atoms with Crippen molar-refractivity contribution in [3.8, 4) is 11.5 Å². The van der Waals surface area contributed by atoms with Gasteiger partial charge in [-0.2, -0.15) is 8.78 Å². The Kier molecular flexibility index (Phi) is 9.36. The van der Waals surface area contributed by atoms with E-state index in [1.807, 2.05) is 38.1 Å². The first-order valence-electron chi connectivity index (χ1n) is 14.8. The van der Waals surface area contributed by atoms with Crippen LogP contribution in [0.5, 0.6) is 0 Å². The SMILES string of the molecule is C=S(C1CCN(C2CC3CCC2C3)CC1)N(Cc1ccc(-c2nnc(C(F)F)o2)cc1)c1cccc(C)c1.CC. The molecule has 2 aliphatic carbocycles. The summed E-state index contributed by atoms with van der Waals surface area (Å²) in [5, 5.41) is 7.78. The second-order valence-electron chi connectivity index (χ2n) is 11.2. The van der Waals surface area contributed by atoms with Gasteiger partial charge in [-0.25, -0.2) is 0 Å². The van der Waals surface area contributed by atoms with E-state index < -0.39 is 12.3 Å². The van der Waals surface area contributed by atoms with Gasteiger partial charge in [-0.1, -0.05) is 61.1 Å². The van der Waals surface area contributed by atoms with Crippen LogP contribution in [0.3, 0.4) is 0 Å². The third kappa shape index (κ3) is 6.33. The summed E-state index contributed by atoms with van der Waals surface area (Å²) >= 11 is 0. The zero-order valence-corrected chi connectivity index (χ0v) is 24.8. The lowest BCUT2D eigenvalue weighted by Crippen LogP contribution is -2.45. The Bertz CT molecular complexity index is 1270. The summed E-state index contributed by atoms with van der Waals surface area (Å²) in [6.07, 6.45) is 5.41. The zero-order chi connectivity index (χ0) is 28.2. The summed E-state index contributed by atoms with van der Waals surface area (Å²) in [4.78, 5) is 2.80. The summed E-state index contributed by atoms with van der Waals surface area (Å²) in [5.74, 6) is 6.13. The number of hydrogen-bond acceptors (Lipinski definition) is 5. The molecule has 0 radical (unpaired) electrons. The average molecular weight is 569 g/mol. The van der Waals surface area contributed by atoms with E-state index in [0.29, 0.717) is 10.8 Å². The molecular formula is C32H42F2N4OS. The summed E-state index contributed by atoms with van der Waals surface area (Å²) in [7, 11) is -0.183. The molecular weight excluding hydrogens is 526 g/mol. The molecule has 2 aromatic carbocycles. The molecule has 4 atom stereocenters. The Morgan fingerprint density at radius 1 is 1.02 bits per heavy atom. The Labute approximate surface area is 240 Å². The smallest absolute Gasteiger partial charge is 0.314 e. The van der Waals surface area contributed by atoms with E-state index in [1.54, 1.807) is 0 Å². The van der Waals surface area contributed by atoms with Crippen molar-refractivity contribution in [2.75, 3.05) is 17.4 Å². The summed E-state index contributed by atoms with van der Waals surface area (Å²) in [5.41, 5.74) is 4.19. The lowest BCUT2D eigenvalue weighted by molar-refractivity contribution is 0.116. The molecule has 3 fully saturated rings. The number of rotatable bonds is 8. The maximum absolute atomic E-state index is 12.8. The van der Waals surface area contributed by atoms with Crippen LogP contribution < -0.4 is 4.31 Å². The molecule has 2 bridgehead atoms. The van der Waals surface area contributed by atoms with E-state index in [-0.39, 0.29) is 16.6 Å². The van der Waals surface area contributed by atoms with Crippen molar-refractivity contribution in [1.29, 1.82) is 0 Å². The number of aryl methyl sites for hydroxylation is 1. The molecule has 5 nitrogen and oxygen atoms in total. The topological polar surface area (TPSA) is 45.4 Å². The van der Waals surface area contributed by atoms with Crippen LogP contribution in [0.2, 0.25) is 0 Å². The van der Waals surface area contributed by atoms with Crippen LogP contribution in [0.25, 0.3) is 11.5 Å². The fourth-order valence-corrected chi connectivity index (χ4v) is 8.58. The quantitative estimate of drug-likeness (QED) is 0.256. The number of benzene rings is 2. The largest absolute Gasteiger partial charge is 0.415 e. The van der Waals surface area contributed by atoms with Gasteiger partial charge in [-0.3, -0.25) is 0 Å². The van der Waals surface area contributed by atoms with Crippen LogP contribution in [0.4, 0.5) is 14.5 Å². The number of nitrogens with zero attached hydrogens (tertiary/aromatic N) is 4. The number of likely N-dealkylation sites (tertiary alicyclic amines) is 1. The van der Waals surface area contributed by atoms with Gasteiger partial charge >= 0.3 is 6.43 Å². The van der Waals surface area contributed by atoms with Crippen LogP contribution in [0.1, 0.15) is 75.8 Å². The van der Waals surface area contributed by atoms with Crippen LogP contribution in [-0.4, -0.2) is 45.3 Å². The van der Waals surface area contributed by atoms with Crippen LogP contribution >= 0.6 is 10.7 Å². The van der Waals surface area contributed by atoms with Crippen molar-refractivity contribution < 1.29 is 13.2 Å². The molecule has 0 amide bonds. The van der Waals surface area contributed by atoms with Crippen LogP contribution in [0, 0.1) is 18.8 Å². The van der Waals surface area contributed by atoms with E-state index in [4.69, 9.17) is 10.3 Å². The predicted octanol–water partition coefficient (Wildman–Crippen LogP) is 8.28. The monoisotopic (exact) mass is 568 g/mol. The third-order valence-corrected chi connectivity index (χ3v) is 10.9. The van der Waals surface area contributed by atoms with Gasteiger partial charge in [0.05, 0.1) is 6.54 Å². The molecule has 3 aromatic rings. The first-order valence-corrected chi connectivity index (χ1v) is 16.2. The molecule has 3 aliphatic rings. The Morgan fingerprint density at radius 3 is 2.38 bits per heavy atom. The number of piperidine rings is 1. The predicted molar refractivity (Wildman–Crippen MR) is 162 cm³/mol. The van der Waals surface area contributed by atoms with E-state index in [1.165, 1.54) is 62.9 Å². The highest BCUT2D eigenvalue weighted by Gasteiger charge is 2.43. The van der Waals surface area contributed by atoms with Gasteiger partial charge in [0.15, 0.2) is 0 Å². The number of anilines is 1. The van der Waals surface area contributed by atoms with Crippen molar-refractivity contribution in [2.45, 2.75) is 83.6 Å². The van der Waals surface area contributed by atoms with E-state index in [9.17, 15) is 8.78 Å². The minimum atomic E-state index is -2.77. The zero-order valence-electron chi connectivity index (χ0n) is 23.9. The molecule has 0 spiro atoms. The van der Waals surface area contributed by atoms with Gasteiger partial charge in [-0.15, -0.1) is 10.2 Å². The van der Waals surface area contributed by atoms with Crippen molar-refractivity contribution in [3.63, 3.8) is 0 Å². The average Bonchev–Trinajstić information content (AvgIpc) is 3.75. The van der Waals surface area contributed by atoms with Gasteiger partial charge in [-0.05, 0) is 99.3 Å². The first-order chi connectivity index (χ1) is 19.4. The first kappa shape index (κ1) is 28.9. The second kappa shape index (κ2) is 12.9. The number of fused-ring (bicyclic) bond motifs is 2. The Hall–Kier alpha value is -2.58. The highest BCUT2D eigenvalue weighted by Crippen LogP contribution is 2.48. The molecule has 6 rings (SSSR count). The fraction of sp³-hybridized carbons (Fsp3) is 0.531. The van der Waals surface area contributed by atoms with Crippen molar-refractivity contribution >= 4 is 22.2 Å². The Balaban J connectivity index is 0.00000158. The molecule has 8 heteroatoms. The fourth-order valence-electron chi connectivity index (χ4n) is 6.77. The van der Waals surface area contributed by atoms with Crippen molar-refractivity contribution in [1.82, 2.24) is 15.1 Å². The van der Waals surface area contributed by atoms with Gasteiger partial charge in [0.25, 0.3) is 5.89 Å². The number of aromatic nitrogens is 2. The maximum Gasteiger partial charge on any atom is 0.314 e. The number of halogens is 2. The van der Waals surface area contributed by atoms with Crippen molar-refractivity contribution in [2.24, 2.45) is 11.8 Å². The molecule has 2 heterocycles. The lowest BCUT2D eigenvalue weighted by atomic mass is 9.92. The second-order valence-corrected chi connectivity index (χ2v) is 13.1. The summed E-state index contributed by atoms with van der Waals surface area (Å²) in [6.45, 7) is 9.25. The highest BCUT2D eigenvalue weighted by molar-refractivity contribution is 8.15. The molecule has 1 aliphatic heterocycles. The Morgan fingerprint density at radius 2 is 1.77 bits per heavy atom. The van der Waals surface area contributed by atoms with Crippen LogP contribution in [-0.2, 0) is 6.54 Å². The highest BCUT2D eigenvalue weighted by atomic mass is 32.2. The third-order valence-electron chi connectivity index (χ3n) is 8.76. The molecule has 4 unspecified atom stereocenters. The standard InChI is InChI=1S/C30H36F2N4OS.C2H6/c1-20-4-3-5-25(16-20)36(19-21-6-9-23(10-7-21)29-33-34-30(37-29)28(31)32)38(2)26-12-14-35(15-13-26)27-18-22-8-11-24(27)17-22;1-2/h3-7,9-10,16,22,24,26-28H,2,8,11-15,17-19H2,1H3;1-2H3. The minimum absolute atomic E-state index is 0.113. The van der Waals surface area contributed by atoms with Gasteiger partial charge in [0.1, 0.15) is 0 Å². The van der Waals surface area contributed by atoms with Gasteiger partial charge in [0, 0.05) is 22.5 Å². The molecule has 216 valence electrons. The van der Waals surface area contributed by atoms with E-state index in [2.05, 4.69) is 50.6 Å². The van der Waals surface area contributed by atoms with Crippen molar-refractivity contribution in [3.05, 3.63) is 65.5 Å². The molecule has 2 saturated carbocycles. The van der Waals surface area contributed by atoms with E-state index >= 15 is 0 Å². The lowest BCUT2D eigenvalue weighted by Gasteiger charge is -2.42. The summed E-state index contributed by atoms with van der Waals surface area (Å²) < 4.78 is 33.3. The normalized spacial score (nSPS) is 23.7. The molecule has 1 aromatic heterocycles. The maximum atomic E-state index is 12.8.